The summed E-state index contributed by atoms with van der Waals surface area (Å²) in [6, 6.07) is 5.36. The number of ether oxygens (including phenoxy) is 3. The lowest BCUT2D eigenvalue weighted by Crippen LogP contribution is -2.44. The third-order valence-electron chi connectivity index (χ3n) is 6.50. The number of esters is 1. The topological polar surface area (TPSA) is 126 Å². The van der Waals surface area contributed by atoms with Crippen molar-refractivity contribution >= 4 is 16.9 Å². The monoisotopic (exact) mass is 421 g/mol. The SMILES string of the molecule is CC[C@@]1(O)C(=O)OCc2c1cc1n(c2=O)Cc2c-1nc1cc3c(cc1c2CN)OCO3. The molecule has 0 saturated heterocycles. The van der Waals surface area contributed by atoms with Crippen molar-refractivity contribution in [2.75, 3.05) is 6.79 Å². The van der Waals surface area contributed by atoms with Gasteiger partial charge in [0.05, 0.1) is 29.0 Å². The van der Waals surface area contributed by atoms with Gasteiger partial charge in [-0.15, -0.1) is 0 Å². The highest BCUT2D eigenvalue weighted by Gasteiger charge is 2.45. The van der Waals surface area contributed by atoms with Crippen LogP contribution in [0.3, 0.4) is 0 Å². The van der Waals surface area contributed by atoms with Crippen LogP contribution in [0.15, 0.2) is 23.0 Å². The minimum Gasteiger partial charge on any atom is -0.458 e. The first-order valence-electron chi connectivity index (χ1n) is 10.1. The van der Waals surface area contributed by atoms with Gasteiger partial charge < -0.3 is 29.6 Å². The molecule has 6 rings (SSSR count). The molecule has 1 aromatic carbocycles. The van der Waals surface area contributed by atoms with Crippen LogP contribution in [0.4, 0.5) is 0 Å². The van der Waals surface area contributed by atoms with Crippen LogP contribution in [0.5, 0.6) is 11.5 Å². The molecule has 3 aliphatic rings. The molecule has 0 fully saturated rings. The Hall–Kier alpha value is -3.43. The highest BCUT2D eigenvalue weighted by Crippen LogP contribution is 2.42. The van der Waals surface area contributed by atoms with Crippen LogP contribution in [0.2, 0.25) is 0 Å². The molecule has 0 spiro atoms. The van der Waals surface area contributed by atoms with Gasteiger partial charge in [-0.2, -0.15) is 0 Å². The Morgan fingerprint density at radius 1 is 1.16 bits per heavy atom. The maximum absolute atomic E-state index is 13.3. The fourth-order valence-corrected chi connectivity index (χ4v) is 4.79. The van der Waals surface area contributed by atoms with Gasteiger partial charge in [0.2, 0.25) is 6.79 Å². The fourth-order valence-electron chi connectivity index (χ4n) is 4.79. The maximum Gasteiger partial charge on any atom is 0.343 e. The minimum atomic E-state index is -1.86. The number of cyclic esters (lactones) is 1. The number of aliphatic hydroxyl groups is 1. The van der Waals surface area contributed by atoms with Gasteiger partial charge in [-0.25, -0.2) is 9.78 Å². The van der Waals surface area contributed by atoms with Gasteiger partial charge >= 0.3 is 5.97 Å². The molecular weight excluding hydrogens is 402 g/mol. The van der Waals surface area contributed by atoms with E-state index in [4.69, 9.17) is 24.9 Å². The van der Waals surface area contributed by atoms with Crippen LogP contribution in [0.1, 0.15) is 35.6 Å². The summed E-state index contributed by atoms with van der Waals surface area (Å²) in [5, 5.41) is 11.8. The van der Waals surface area contributed by atoms with Crippen molar-refractivity contribution in [1.29, 1.82) is 0 Å². The number of rotatable bonds is 2. The molecule has 3 aromatic rings. The summed E-state index contributed by atoms with van der Waals surface area (Å²) < 4.78 is 17.7. The first kappa shape index (κ1) is 18.3. The zero-order valence-electron chi connectivity index (χ0n) is 16.7. The van der Waals surface area contributed by atoms with Crippen LogP contribution in [-0.4, -0.2) is 27.4 Å². The zero-order chi connectivity index (χ0) is 21.5. The number of fused-ring (bicyclic) bond motifs is 6. The quantitative estimate of drug-likeness (QED) is 0.464. The Kier molecular flexibility index (Phi) is 3.58. The summed E-state index contributed by atoms with van der Waals surface area (Å²) in [4.78, 5) is 30.4. The molecule has 31 heavy (non-hydrogen) atoms. The summed E-state index contributed by atoms with van der Waals surface area (Å²) in [5.41, 5.74) is 8.10. The van der Waals surface area contributed by atoms with Crippen molar-refractivity contribution in [2.45, 2.75) is 38.6 Å². The van der Waals surface area contributed by atoms with Crippen LogP contribution in [0.25, 0.3) is 22.3 Å². The van der Waals surface area contributed by atoms with E-state index in [2.05, 4.69) is 0 Å². The fraction of sp³-hybridized carbons (Fsp3) is 0.318. The summed E-state index contributed by atoms with van der Waals surface area (Å²) in [6.07, 6.45) is 0.0945. The van der Waals surface area contributed by atoms with Gasteiger partial charge in [-0.3, -0.25) is 4.79 Å². The number of carbonyl (C=O) groups is 1. The van der Waals surface area contributed by atoms with E-state index in [-0.39, 0.29) is 37.5 Å². The van der Waals surface area contributed by atoms with Crippen molar-refractivity contribution in [1.82, 2.24) is 9.55 Å². The van der Waals surface area contributed by atoms with E-state index < -0.39 is 11.6 Å². The van der Waals surface area contributed by atoms with E-state index in [0.29, 0.717) is 40.5 Å². The molecule has 9 heteroatoms. The van der Waals surface area contributed by atoms with E-state index in [9.17, 15) is 14.7 Å². The van der Waals surface area contributed by atoms with Crippen LogP contribution < -0.4 is 20.8 Å². The maximum atomic E-state index is 13.3. The third-order valence-corrected chi connectivity index (χ3v) is 6.50. The predicted molar refractivity (Wildman–Crippen MR) is 109 cm³/mol. The van der Waals surface area contributed by atoms with E-state index in [0.717, 1.165) is 16.5 Å². The Labute approximate surface area is 176 Å². The Morgan fingerprint density at radius 3 is 2.68 bits per heavy atom. The molecule has 3 N–H and O–H groups in total. The first-order chi connectivity index (χ1) is 15.0. The number of pyridine rings is 2. The summed E-state index contributed by atoms with van der Waals surface area (Å²) >= 11 is 0. The average Bonchev–Trinajstić information content (AvgIpc) is 3.38. The molecule has 0 saturated carbocycles. The normalized spacial score (nSPS) is 20.4. The average molecular weight is 421 g/mol. The standard InChI is InChI=1S/C22H19N3O6/c1-2-22(28)14-4-16-19-12(7-25(16)20(26)13(14)8-29-21(22)27)11(6-23)10-3-17-18(31-9-30-17)5-15(10)24-19/h3-5,28H,2,6-9,23H2,1H3/t22-/m0/s1. The Bertz CT molecular complexity index is 1380. The number of nitrogens with two attached hydrogens (primary N) is 1. The van der Waals surface area contributed by atoms with Gasteiger partial charge in [0, 0.05) is 29.1 Å². The molecule has 158 valence electrons. The van der Waals surface area contributed by atoms with Gasteiger partial charge in [0.25, 0.3) is 5.56 Å². The van der Waals surface area contributed by atoms with Crippen LogP contribution in [-0.2, 0) is 34.8 Å². The highest BCUT2D eigenvalue weighted by atomic mass is 16.7. The molecular formula is C22H19N3O6. The lowest BCUT2D eigenvalue weighted by atomic mass is 9.86. The number of hydrogen-bond donors (Lipinski definition) is 2. The molecule has 0 unspecified atom stereocenters. The lowest BCUT2D eigenvalue weighted by molar-refractivity contribution is -0.172. The number of aromatic nitrogens is 2. The second-order valence-corrected chi connectivity index (χ2v) is 7.95. The second-order valence-electron chi connectivity index (χ2n) is 7.95. The van der Waals surface area contributed by atoms with Crippen LogP contribution in [0, 0.1) is 0 Å². The molecule has 0 aliphatic carbocycles. The smallest absolute Gasteiger partial charge is 0.343 e. The van der Waals surface area contributed by atoms with Crippen LogP contribution >= 0.6 is 0 Å². The van der Waals surface area contributed by atoms with Gasteiger partial charge in [-0.1, -0.05) is 6.92 Å². The molecule has 0 bridgehead atoms. The van der Waals surface area contributed by atoms with Crippen molar-refractivity contribution in [3.8, 4) is 22.9 Å². The highest BCUT2D eigenvalue weighted by molar-refractivity contribution is 5.91. The van der Waals surface area contributed by atoms with Crippen molar-refractivity contribution in [3.05, 3.63) is 50.8 Å². The zero-order valence-corrected chi connectivity index (χ0v) is 16.7. The van der Waals surface area contributed by atoms with Gasteiger partial charge in [0.1, 0.15) is 6.61 Å². The van der Waals surface area contributed by atoms with E-state index in [1.54, 1.807) is 23.6 Å². The molecule has 0 amide bonds. The van der Waals surface area contributed by atoms with Crippen molar-refractivity contribution in [3.63, 3.8) is 0 Å². The van der Waals surface area contributed by atoms with Crippen molar-refractivity contribution < 1.29 is 24.1 Å². The third kappa shape index (κ3) is 2.24. The number of nitrogens with zero attached hydrogens (tertiary/aromatic N) is 2. The van der Waals surface area contributed by atoms with Crippen molar-refractivity contribution in [2.24, 2.45) is 5.73 Å². The molecule has 0 radical (unpaired) electrons. The lowest BCUT2D eigenvalue weighted by Gasteiger charge is -2.31. The molecule has 3 aliphatic heterocycles. The second kappa shape index (κ2) is 6.05. The molecule has 1 atom stereocenters. The predicted octanol–water partition coefficient (Wildman–Crippen LogP) is 1.27. The number of carbonyl (C=O) groups excluding carboxylic acids is 1. The molecule has 2 aromatic heterocycles. The van der Waals surface area contributed by atoms with Gasteiger partial charge in [0.15, 0.2) is 17.1 Å². The van der Waals surface area contributed by atoms with Gasteiger partial charge in [-0.05, 0) is 24.1 Å². The summed E-state index contributed by atoms with van der Waals surface area (Å²) in [6.45, 7) is 2.23. The van der Waals surface area contributed by atoms with E-state index in [1.165, 1.54) is 0 Å². The largest absolute Gasteiger partial charge is 0.458 e. The number of hydrogen-bond acceptors (Lipinski definition) is 8. The minimum absolute atomic E-state index is 0.0945. The van der Waals surface area contributed by atoms with E-state index in [1.807, 2.05) is 6.07 Å². The molecule has 5 heterocycles. The Balaban J connectivity index is 1.65. The summed E-state index contributed by atoms with van der Waals surface area (Å²) in [5.74, 6) is 0.495. The Morgan fingerprint density at radius 2 is 1.94 bits per heavy atom. The summed E-state index contributed by atoms with van der Waals surface area (Å²) in [7, 11) is 0. The first-order valence-corrected chi connectivity index (χ1v) is 10.1. The molecule has 9 nitrogen and oxygen atoms in total. The number of benzene rings is 1. The van der Waals surface area contributed by atoms with E-state index >= 15 is 0 Å².